The van der Waals surface area contributed by atoms with Crippen LogP contribution in [0.5, 0.6) is 17.2 Å². The maximum absolute atomic E-state index is 12.4. The average Bonchev–Trinajstić information content (AvgIpc) is 2.55. The van der Waals surface area contributed by atoms with Gasteiger partial charge < -0.3 is 19.5 Å². The molecule has 0 saturated heterocycles. The number of methoxy groups -OCH3 is 1. The number of hydrogen-bond donors (Lipinski definition) is 1. The van der Waals surface area contributed by atoms with E-state index in [1.807, 2.05) is 0 Å². The van der Waals surface area contributed by atoms with Crippen molar-refractivity contribution in [2.75, 3.05) is 12.4 Å². The van der Waals surface area contributed by atoms with Gasteiger partial charge in [0.15, 0.2) is 17.2 Å². The van der Waals surface area contributed by atoms with Crippen LogP contribution in [0, 0.1) is 0 Å². The third-order valence-electron chi connectivity index (χ3n) is 3.00. The maximum Gasteiger partial charge on any atom is 0.573 e. The van der Waals surface area contributed by atoms with Crippen LogP contribution in [0.2, 0.25) is 0 Å². The molecule has 2 aromatic carbocycles. The molecule has 0 atom stereocenters. The molecule has 2 aromatic rings. The number of nitrogens with one attached hydrogen (secondary N) is 1. The first-order valence-corrected chi connectivity index (χ1v) is 6.98. The summed E-state index contributed by atoms with van der Waals surface area (Å²) in [7, 11) is 1.18. The molecule has 26 heavy (non-hydrogen) atoms. The minimum Gasteiger partial charge on any atom is -0.493 e. The second-order valence-electron chi connectivity index (χ2n) is 4.74. The van der Waals surface area contributed by atoms with Crippen LogP contribution >= 0.6 is 0 Å². The lowest BCUT2D eigenvalue weighted by atomic mass is 10.1. The average molecular weight is 377 g/mol. The molecule has 5 nitrogen and oxygen atoms in total. The zero-order valence-corrected chi connectivity index (χ0v) is 13.1. The number of anilines is 1. The van der Waals surface area contributed by atoms with E-state index in [1.165, 1.54) is 25.3 Å². The zero-order chi connectivity index (χ0) is 19.3. The first-order valence-electron chi connectivity index (χ1n) is 6.98. The fourth-order valence-electron chi connectivity index (χ4n) is 1.98. The van der Waals surface area contributed by atoms with Gasteiger partial charge in [0.05, 0.1) is 12.8 Å². The highest BCUT2D eigenvalue weighted by Gasteiger charge is 2.32. The number of carbonyl (C=O) groups excluding carboxylic acids is 1. The van der Waals surface area contributed by atoms with E-state index >= 15 is 0 Å². The van der Waals surface area contributed by atoms with Gasteiger partial charge in [0.2, 0.25) is 0 Å². The second-order valence-corrected chi connectivity index (χ2v) is 4.74. The third-order valence-corrected chi connectivity index (χ3v) is 3.00. The standard InChI is InChI=1S/C16H12F5NO4/c1-24-13-8-9(6-7-12(13)25-15(17)18)14(23)22-10-4-2-3-5-11(10)26-16(19,20)21/h2-8,15H,1H3,(H,22,23). The lowest BCUT2D eigenvalue weighted by molar-refractivity contribution is -0.274. The molecule has 0 aliphatic heterocycles. The SMILES string of the molecule is COc1cc(C(=O)Nc2ccccc2OC(F)(F)F)ccc1OC(F)F. The van der Waals surface area contributed by atoms with Gasteiger partial charge in [-0.2, -0.15) is 8.78 Å². The Kier molecular flexibility index (Phi) is 5.86. The minimum absolute atomic E-state index is 0.0507. The quantitative estimate of drug-likeness (QED) is 0.756. The summed E-state index contributed by atoms with van der Waals surface area (Å²) >= 11 is 0. The van der Waals surface area contributed by atoms with Gasteiger partial charge in [-0.15, -0.1) is 13.2 Å². The van der Waals surface area contributed by atoms with E-state index in [2.05, 4.69) is 14.8 Å². The fraction of sp³-hybridized carbons (Fsp3) is 0.188. The first-order chi connectivity index (χ1) is 12.2. The van der Waals surface area contributed by atoms with Crippen molar-refractivity contribution in [1.29, 1.82) is 0 Å². The Bertz CT molecular complexity index is 779. The third kappa shape index (κ3) is 5.23. The number of para-hydroxylation sites is 2. The van der Waals surface area contributed by atoms with Crippen LogP contribution in [0.3, 0.4) is 0 Å². The summed E-state index contributed by atoms with van der Waals surface area (Å²) in [6.45, 7) is -3.09. The second kappa shape index (κ2) is 7.89. The van der Waals surface area contributed by atoms with Crippen LogP contribution in [0.25, 0.3) is 0 Å². The van der Waals surface area contributed by atoms with Crippen molar-refractivity contribution < 1.29 is 41.0 Å². The van der Waals surface area contributed by atoms with Gasteiger partial charge in [-0.05, 0) is 30.3 Å². The first kappa shape index (κ1) is 19.3. The van der Waals surface area contributed by atoms with Gasteiger partial charge in [0.25, 0.3) is 5.91 Å². The summed E-state index contributed by atoms with van der Waals surface area (Å²) in [5, 5.41) is 2.25. The molecule has 0 heterocycles. The van der Waals surface area contributed by atoms with E-state index in [0.29, 0.717) is 0 Å². The Morgan fingerprint density at radius 1 is 1.04 bits per heavy atom. The Balaban J connectivity index is 2.23. The molecule has 0 spiro atoms. The number of ether oxygens (including phenoxy) is 3. The predicted octanol–water partition coefficient (Wildman–Crippen LogP) is 4.45. The molecular formula is C16H12F5NO4. The molecule has 0 fully saturated rings. The van der Waals surface area contributed by atoms with Crippen LogP contribution in [-0.4, -0.2) is 26.0 Å². The molecular weight excluding hydrogens is 365 g/mol. The number of amides is 1. The van der Waals surface area contributed by atoms with Crippen LogP contribution in [0.1, 0.15) is 10.4 Å². The molecule has 1 amide bonds. The predicted molar refractivity (Wildman–Crippen MR) is 80.7 cm³/mol. The van der Waals surface area contributed by atoms with Crippen LogP contribution in [0.15, 0.2) is 42.5 Å². The molecule has 0 aromatic heterocycles. The van der Waals surface area contributed by atoms with Crippen molar-refractivity contribution in [2.24, 2.45) is 0 Å². The van der Waals surface area contributed by atoms with Gasteiger partial charge in [-0.1, -0.05) is 12.1 Å². The maximum atomic E-state index is 12.4. The topological polar surface area (TPSA) is 56.8 Å². The number of hydrogen-bond acceptors (Lipinski definition) is 4. The van der Waals surface area contributed by atoms with Gasteiger partial charge in [0, 0.05) is 5.56 Å². The Hall–Kier alpha value is -3.04. The van der Waals surface area contributed by atoms with Crippen LogP contribution < -0.4 is 19.5 Å². The van der Waals surface area contributed by atoms with E-state index in [9.17, 15) is 26.7 Å². The van der Waals surface area contributed by atoms with Gasteiger partial charge in [-0.25, -0.2) is 0 Å². The number of alkyl halides is 5. The van der Waals surface area contributed by atoms with Crippen molar-refractivity contribution in [1.82, 2.24) is 0 Å². The van der Waals surface area contributed by atoms with Crippen LogP contribution in [0.4, 0.5) is 27.6 Å². The number of halogens is 5. The summed E-state index contributed by atoms with van der Waals surface area (Å²) < 4.78 is 74.7. The number of carbonyl (C=O) groups is 1. The highest BCUT2D eigenvalue weighted by atomic mass is 19.4. The van der Waals surface area contributed by atoms with E-state index < -0.39 is 24.6 Å². The van der Waals surface area contributed by atoms with Gasteiger partial charge >= 0.3 is 13.0 Å². The van der Waals surface area contributed by atoms with Gasteiger partial charge in [-0.3, -0.25) is 4.79 Å². The Morgan fingerprint density at radius 3 is 2.35 bits per heavy atom. The van der Waals surface area contributed by atoms with Gasteiger partial charge in [0.1, 0.15) is 0 Å². The minimum atomic E-state index is -4.93. The van der Waals surface area contributed by atoms with Crippen molar-refractivity contribution >= 4 is 11.6 Å². The molecule has 2 rings (SSSR count). The highest BCUT2D eigenvalue weighted by Crippen LogP contribution is 2.32. The van der Waals surface area contributed by atoms with Crippen molar-refractivity contribution in [3.05, 3.63) is 48.0 Å². The van der Waals surface area contributed by atoms with Crippen molar-refractivity contribution in [3.8, 4) is 17.2 Å². The largest absolute Gasteiger partial charge is 0.573 e. The summed E-state index contributed by atoms with van der Waals surface area (Å²) in [6, 6.07) is 8.30. The summed E-state index contributed by atoms with van der Waals surface area (Å²) in [5.74, 6) is -1.83. The molecule has 0 unspecified atom stereocenters. The Labute approximate surface area is 144 Å². The van der Waals surface area contributed by atoms with Crippen molar-refractivity contribution in [2.45, 2.75) is 13.0 Å². The zero-order valence-electron chi connectivity index (χ0n) is 13.1. The molecule has 0 radical (unpaired) electrons. The lowest BCUT2D eigenvalue weighted by Crippen LogP contribution is -2.19. The number of rotatable bonds is 6. The smallest absolute Gasteiger partial charge is 0.493 e. The summed E-state index contributed by atoms with van der Waals surface area (Å²) in [6.07, 6.45) is -4.93. The molecule has 10 heteroatoms. The molecule has 0 aliphatic carbocycles. The van der Waals surface area contributed by atoms with Crippen LogP contribution in [-0.2, 0) is 0 Å². The normalized spacial score (nSPS) is 11.2. The molecule has 140 valence electrons. The summed E-state index contributed by atoms with van der Waals surface area (Å²) in [5.41, 5.74) is -0.271. The van der Waals surface area contributed by atoms with E-state index in [-0.39, 0.29) is 22.7 Å². The molecule has 0 bridgehead atoms. The monoisotopic (exact) mass is 377 g/mol. The fourth-order valence-corrected chi connectivity index (χ4v) is 1.98. The van der Waals surface area contributed by atoms with E-state index in [4.69, 9.17) is 4.74 Å². The van der Waals surface area contributed by atoms with Crippen molar-refractivity contribution in [3.63, 3.8) is 0 Å². The Morgan fingerprint density at radius 2 is 1.73 bits per heavy atom. The molecule has 0 saturated carbocycles. The van der Waals surface area contributed by atoms with E-state index in [1.54, 1.807) is 0 Å². The molecule has 1 N–H and O–H groups in total. The molecule has 0 aliphatic rings. The number of benzene rings is 2. The highest BCUT2D eigenvalue weighted by molar-refractivity contribution is 6.05. The summed E-state index contributed by atoms with van der Waals surface area (Å²) in [4.78, 5) is 12.2. The van der Waals surface area contributed by atoms with E-state index in [0.717, 1.165) is 24.3 Å². The lowest BCUT2D eigenvalue weighted by Gasteiger charge is -2.14.